The van der Waals surface area contributed by atoms with Crippen LogP contribution >= 0.6 is 11.6 Å². The van der Waals surface area contributed by atoms with Gasteiger partial charge in [0.2, 0.25) is 0 Å². The van der Waals surface area contributed by atoms with Gasteiger partial charge in [0.25, 0.3) is 0 Å². The molecule has 0 saturated carbocycles. The number of halogens is 1. The Morgan fingerprint density at radius 1 is 1.25 bits per heavy atom. The molecule has 0 aliphatic rings. The minimum absolute atomic E-state index is 0.242. The summed E-state index contributed by atoms with van der Waals surface area (Å²) in [7, 11) is 0. The number of rotatable bonds is 8. The molecule has 0 radical (unpaired) electrons. The van der Waals surface area contributed by atoms with Crippen LogP contribution in [0.5, 0.6) is 0 Å². The molecule has 0 fully saturated rings. The summed E-state index contributed by atoms with van der Waals surface area (Å²) in [6.45, 7) is 5.86. The number of alkyl halides is 1. The molecule has 20 heavy (non-hydrogen) atoms. The molecular weight excluding hydrogens is 284 g/mol. The average Bonchev–Trinajstić information content (AvgIpc) is 2.31. The monoisotopic (exact) mass is 308 g/mol. The molecule has 0 bridgehead atoms. The Balaban J connectivity index is 4.37. The summed E-state index contributed by atoms with van der Waals surface area (Å²) in [5.74, 6) is -0.557. The minimum Gasteiger partial charge on any atom is -0.448 e. The van der Waals surface area contributed by atoms with Crippen molar-refractivity contribution < 1.29 is 19.1 Å². The quantitative estimate of drug-likeness (QED) is 0.407. The lowest BCUT2D eigenvalue weighted by Crippen LogP contribution is -2.44. The van der Waals surface area contributed by atoms with E-state index in [9.17, 15) is 9.59 Å². The van der Waals surface area contributed by atoms with Gasteiger partial charge in [-0.15, -0.1) is 0 Å². The van der Waals surface area contributed by atoms with Gasteiger partial charge in [0.15, 0.2) is 6.07 Å². The van der Waals surface area contributed by atoms with Gasteiger partial charge in [-0.3, -0.25) is 0 Å². The molecule has 0 saturated heterocycles. The van der Waals surface area contributed by atoms with Crippen molar-refractivity contribution in [2.75, 3.05) is 12.6 Å². The number of nitrogens with one attached hydrogen (secondary N) is 1. The standard InChI is InChI=1S/C13H25ClN2O4/c1-13(2,3)20-12(18)16-10(11(17)19-9-14)7-5-4-6-8-15/h10H,4-9,15H2,1-3H3,(H,16,18). The lowest BCUT2D eigenvalue weighted by Gasteiger charge is -2.22. The second-order valence-corrected chi connectivity index (χ2v) is 5.63. The zero-order chi connectivity index (χ0) is 15.6. The number of nitrogens with two attached hydrogens (primary N) is 1. The van der Waals surface area contributed by atoms with Crippen molar-refractivity contribution in [3.8, 4) is 0 Å². The van der Waals surface area contributed by atoms with Crippen molar-refractivity contribution in [1.29, 1.82) is 0 Å². The summed E-state index contributed by atoms with van der Waals surface area (Å²) in [6.07, 6.45) is 2.35. The smallest absolute Gasteiger partial charge is 0.408 e. The van der Waals surface area contributed by atoms with Crippen LogP contribution in [0.2, 0.25) is 0 Å². The van der Waals surface area contributed by atoms with E-state index < -0.39 is 23.7 Å². The number of unbranched alkanes of at least 4 members (excludes halogenated alkanes) is 2. The lowest BCUT2D eigenvalue weighted by atomic mass is 10.1. The van der Waals surface area contributed by atoms with Gasteiger partial charge in [0.05, 0.1) is 0 Å². The number of carbonyl (C=O) groups is 2. The molecule has 6 nitrogen and oxygen atoms in total. The number of hydrogen-bond donors (Lipinski definition) is 2. The van der Waals surface area contributed by atoms with Crippen molar-refractivity contribution in [3.05, 3.63) is 0 Å². The molecule has 1 unspecified atom stereocenters. The van der Waals surface area contributed by atoms with E-state index in [1.54, 1.807) is 20.8 Å². The highest BCUT2D eigenvalue weighted by Gasteiger charge is 2.24. The van der Waals surface area contributed by atoms with Crippen LogP contribution in [0, 0.1) is 0 Å². The van der Waals surface area contributed by atoms with Crippen LogP contribution in [0.4, 0.5) is 4.79 Å². The van der Waals surface area contributed by atoms with Crippen LogP contribution in [0.25, 0.3) is 0 Å². The molecular formula is C13H25ClN2O4. The highest BCUT2D eigenvalue weighted by atomic mass is 35.5. The molecule has 0 rings (SSSR count). The second-order valence-electron chi connectivity index (χ2n) is 5.41. The van der Waals surface area contributed by atoms with E-state index in [4.69, 9.17) is 26.8 Å². The Kier molecular flexibility index (Phi) is 9.33. The molecule has 0 aliphatic carbocycles. The SMILES string of the molecule is CC(C)(C)OC(=O)NC(CCCCCN)C(=O)OCCl. The summed E-state index contributed by atoms with van der Waals surface area (Å²) in [6, 6.07) is -0.991. The second kappa shape index (κ2) is 9.83. The first-order valence-electron chi connectivity index (χ1n) is 6.72. The van der Waals surface area contributed by atoms with E-state index in [1.165, 1.54) is 0 Å². The molecule has 3 N–H and O–H groups in total. The summed E-state index contributed by atoms with van der Waals surface area (Å²) in [5.41, 5.74) is 4.78. The van der Waals surface area contributed by atoms with Crippen LogP contribution in [-0.2, 0) is 14.3 Å². The van der Waals surface area contributed by atoms with Crippen molar-refractivity contribution in [2.24, 2.45) is 5.73 Å². The fourth-order valence-electron chi connectivity index (χ4n) is 1.52. The number of hydrogen-bond acceptors (Lipinski definition) is 5. The van der Waals surface area contributed by atoms with E-state index in [-0.39, 0.29) is 6.07 Å². The number of carbonyl (C=O) groups excluding carboxylic acids is 2. The predicted octanol–water partition coefficient (Wildman–Crippen LogP) is 2.14. The molecule has 0 aromatic carbocycles. The third-order valence-corrected chi connectivity index (χ3v) is 2.48. The maximum Gasteiger partial charge on any atom is 0.408 e. The molecule has 0 heterocycles. The third-order valence-electron chi connectivity index (χ3n) is 2.37. The Labute approximate surface area is 125 Å². The van der Waals surface area contributed by atoms with Gasteiger partial charge >= 0.3 is 12.1 Å². The van der Waals surface area contributed by atoms with Crippen LogP contribution in [0.15, 0.2) is 0 Å². The van der Waals surface area contributed by atoms with Crippen molar-refractivity contribution in [2.45, 2.75) is 58.1 Å². The highest BCUT2D eigenvalue weighted by molar-refractivity contribution is 6.17. The zero-order valence-corrected chi connectivity index (χ0v) is 13.2. The van der Waals surface area contributed by atoms with Gasteiger partial charge < -0.3 is 20.5 Å². The molecule has 1 atom stereocenters. The van der Waals surface area contributed by atoms with E-state index in [0.29, 0.717) is 13.0 Å². The molecule has 0 aromatic rings. The summed E-state index contributed by atoms with van der Waals surface area (Å²) in [5, 5.41) is 2.51. The average molecular weight is 309 g/mol. The summed E-state index contributed by atoms with van der Waals surface area (Å²) in [4.78, 5) is 23.4. The molecule has 1 amide bonds. The number of ether oxygens (including phenoxy) is 2. The van der Waals surface area contributed by atoms with Gasteiger partial charge in [0, 0.05) is 0 Å². The molecule has 7 heteroatoms. The first-order chi connectivity index (χ1) is 9.30. The summed E-state index contributed by atoms with van der Waals surface area (Å²) >= 11 is 5.36. The van der Waals surface area contributed by atoms with E-state index in [1.807, 2.05) is 0 Å². The predicted molar refractivity (Wildman–Crippen MR) is 77.5 cm³/mol. The van der Waals surface area contributed by atoms with E-state index in [0.717, 1.165) is 19.3 Å². The first-order valence-corrected chi connectivity index (χ1v) is 7.25. The summed E-state index contributed by atoms with van der Waals surface area (Å²) < 4.78 is 9.84. The maximum absolute atomic E-state index is 11.7. The van der Waals surface area contributed by atoms with Gasteiger partial charge in [-0.25, -0.2) is 9.59 Å². The largest absolute Gasteiger partial charge is 0.448 e. The number of amides is 1. The molecule has 0 spiro atoms. The Morgan fingerprint density at radius 3 is 2.40 bits per heavy atom. The van der Waals surface area contributed by atoms with Crippen molar-refractivity contribution >= 4 is 23.7 Å². The first kappa shape index (κ1) is 19.0. The van der Waals surface area contributed by atoms with Crippen LogP contribution in [0.1, 0.15) is 46.5 Å². The van der Waals surface area contributed by atoms with E-state index >= 15 is 0 Å². The van der Waals surface area contributed by atoms with Crippen LogP contribution in [-0.4, -0.2) is 36.3 Å². The topological polar surface area (TPSA) is 90.6 Å². The fraction of sp³-hybridized carbons (Fsp3) is 0.846. The third kappa shape index (κ3) is 9.86. The fourth-order valence-corrected chi connectivity index (χ4v) is 1.63. The van der Waals surface area contributed by atoms with Gasteiger partial charge in [-0.1, -0.05) is 24.4 Å². The normalized spacial score (nSPS) is 12.7. The number of alkyl carbamates (subject to hydrolysis) is 1. The zero-order valence-electron chi connectivity index (χ0n) is 12.4. The maximum atomic E-state index is 11.7. The van der Waals surface area contributed by atoms with Gasteiger partial charge in [-0.2, -0.15) is 0 Å². The Hall–Kier alpha value is -1.01. The molecule has 118 valence electrons. The van der Waals surface area contributed by atoms with Crippen molar-refractivity contribution in [1.82, 2.24) is 5.32 Å². The molecule has 0 aliphatic heterocycles. The number of esters is 1. The van der Waals surface area contributed by atoms with Crippen LogP contribution in [0.3, 0.4) is 0 Å². The highest BCUT2D eigenvalue weighted by Crippen LogP contribution is 2.09. The Bertz CT molecular complexity index is 305. The van der Waals surface area contributed by atoms with Crippen molar-refractivity contribution in [3.63, 3.8) is 0 Å². The van der Waals surface area contributed by atoms with Gasteiger partial charge in [-0.05, 0) is 40.2 Å². The van der Waals surface area contributed by atoms with Crippen LogP contribution < -0.4 is 11.1 Å². The molecule has 0 aromatic heterocycles. The van der Waals surface area contributed by atoms with Gasteiger partial charge in [0.1, 0.15) is 11.6 Å². The van der Waals surface area contributed by atoms with E-state index in [2.05, 4.69) is 5.32 Å². The minimum atomic E-state index is -0.749. The lowest BCUT2D eigenvalue weighted by molar-refractivity contribution is -0.144. The Morgan fingerprint density at radius 2 is 1.90 bits per heavy atom.